The van der Waals surface area contributed by atoms with Gasteiger partial charge in [-0.25, -0.2) is 9.37 Å². The molecule has 0 aliphatic heterocycles. The zero-order valence-electron chi connectivity index (χ0n) is 11.1. The van der Waals surface area contributed by atoms with Gasteiger partial charge in [-0.1, -0.05) is 29.8 Å². The topological polar surface area (TPSA) is 24.9 Å². The molecule has 2 aromatic rings. The van der Waals surface area contributed by atoms with Crippen LogP contribution < -0.4 is 5.32 Å². The Kier molecular flexibility index (Phi) is 4.71. The maximum absolute atomic E-state index is 13.8. The first kappa shape index (κ1) is 14.6. The molecule has 5 heteroatoms. The van der Waals surface area contributed by atoms with E-state index in [1.165, 1.54) is 6.07 Å². The Hall–Kier alpha value is -0.780. The summed E-state index contributed by atoms with van der Waals surface area (Å²) in [5, 5.41) is 4.09. The Morgan fingerprint density at radius 2 is 2.16 bits per heavy atom. The fourth-order valence-corrected chi connectivity index (χ4v) is 3.06. The van der Waals surface area contributed by atoms with E-state index in [0.29, 0.717) is 11.6 Å². The summed E-state index contributed by atoms with van der Waals surface area (Å²) in [7, 11) is 0. The van der Waals surface area contributed by atoms with Crippen molar-refractivity contribution < 1.29 is 4.39 Å². The lowest BCUT2D eigenvalue weighted by atomic mass is 10.2. The minimum absolute atomic E-state index is 0.236. The molecule has 2 nitrogen and oxygen atoms in total. The van der Waals surface area contributed by atoms with Crippen LogP contribution in [0.4, 0.5) is 4.39 Å². The summed E-state index contributed by atoms with van der Waals surface area (Å²) in [6, 6.07) is 5.35. The van der Waals surface area contributed by atoms with Crippen LogP contribution in [0.15, 0.2) is 22.7 Å². The van der Waals surface area contributed by atoms with Crippen molar-refractivity contribution in [1.82, 2.24) is 10.3 Å². The molecule has 1 N–H and O–H groups in total. The Bertz CT molecular complexity index is 581. The molecule has 102 valence electrons. The molecule has 0 bridgehead atoms. The second kappa shape index (κ2) is 6.11. The van der Waals surface area contributed by atoms with Crippen LogP contribution in [-0.4, -0.2) is 11.0 Å². The number of nitrogens with one attached hydrogen (secondary N) is 1. The van der Waals surface area contributed by atoms with E-state index in [4.69, 9.17) is 0 Å². The minimum atomic E-state index is -0.236. The Balaban J connectivity index is 2.31. The number of aryl methyl sites for hydroxylation is 1. The molecule has 0 atom stereocenters. The van der Waals surface area contributed by atoms with Gasteiger partial charge in [0.1, 0.15) is 10.8 Å². The number of thiazole rings is 1. The first-order valence-corrected chi connectivity index (χ1v) is 7.73. The van der Waals surface area contributed by atoms with E-state index in [0.717, 1.165) is 26.6 Å². The molecule has 0 radical (unpaired) electrons. The molecule has 0 unspecified atom stereocenters. The van der Waals surface area contributed by atoms with E-state index in [1.807, 2.05) is 6.92 Å². The molecule has 1 heterocycles. The number of rotatable bonds is 4. The van der Waals surface area contributed by atoms with Crippen LogP contribution in [-0.2, 0) is 6.54 Å². The molecule has 0 aliphatic carbocycles. The SMILES string of the molecule is Cc1nc(-c2cc(Br)ccc2F)sc1CNC(C)C. The van der Waals surface area contributed by atoms with Crippen molar-refractivity contribution in [2.45, 2.75) is 33.4 Å². The lowest BCUT2D eigenvalue weighted by Crippen LogP contribution is -2.21. The summed E-state index contributed by atoms with van der Waals surface area (Å²) in [6.07, 6.45) is 0. The van der Waals surface area contributed by atoms with Gasteiger partial charge in [0, 0.05) is 27.5 Å². The van der Waals surface area contributed by atoms with Gasteiger partial charge in [0.2, 0.25) is 0 Å². The van der Waals surface area contributed by atoms with Gasteiger partial charge in [-0.15, -0.1) is 11.3 Å². The summed E-state index contributed by atoms with van der Waals surface area (Å²) in [4.78, 5) is 5.63. The van der Waals surface area contributed by atoms with Crippen molar-refractivity contribution in [2.75, 3.05) is 0 Å². The molecule has 1 aromatic carbocycles. The molecule has 1 aromatic heterocycles. The van der Waals surface area contributed by atoms with Crippen molar-refractivity contribution in [1.29, 1.82) is 0 Å². The van der Waals surface area contributed by atoms with Crippen LogP contribution in [0.25, 0.3) is 10.6 Å². The van der Waals surface area contributed by atoms with Gasteiger partial charge in [0.25, 0.3) is 0 Å². The zero-order valence-corrected chi connectivity index (χ0v) is 13.5. The molecule has 0 aliphatic rings. The Labute approximate surface area is 125 Å². The van der Waals surface area contributed by atoms with Gasteiger partial charge in [-0.05, 0) is 25.1 Å². The predicted octanol–water partition coefficient (Wildman–Crippen LogP) is 4.52. The highest BCUT2D eigenvalue weighted by Crippen LogP contribution is 2.31. The molecule has 0 amide bonds. The zero-order chi connectivity index (χ0) is 14.0. The first-order chi connectivity index (χ1) is 8.97. The van der Waals surface area contributed by atoms with Crippen LogP contribution in [0.1, 0.15) is 24.4 Å². The largest absolute Gasteiger partial charge is 0.310 e. The van der Waals surface area contributed by atoms with Crippen molar-refractivity contribution in [3.05, 3.63) is 39.1 Å². The average molecular weight is 343 g/mol. The molecule has 0 spiro atoms. The van der Waals surface area contributed by atoms with Gasteiger partial charge in [-0.3, -0.25) is 0 Å². The standard InChI is InChI=1S/C14H16BrFN2S/c1-8(2)17-7-13-9(3)18-14(19-13)11-6-10(15)4-5-12(11)16/h4-6,8,17H,7H2,1-3H3. The van der Waals surface area contributed by atoms with Gasteiger partial charge < -0.3 is 5.32 Å². The van der Waals surface area contributed by atoms with Crippen LogP contribution >= 0.6 is 27.3 Å². The van der Waals surface area contributed by atoms with Crippen LogP contribution in [0, 0.1) is 12.7 Å². The van der Waals surface area contributed by atoms with Crippen LogP contribution in [0.5, 0.6) is 0 Å². The highest BCUT2D eigenvalue weighted by Gasteiger charge is 2.13. The van der Waals surface area contributed by atoms with Gasteiger partial charge in [0.15, 0.2) is 0 Å². The summed E-state index contributed by atoms with van der Waals surface area (Å²) >= 11 is 4.91. The third-order valence-corrected chi connectivity index (χ3v) is 4.41. The van der Waals surface area contributed by atoms with Crippen molar-refractivity contribution >= 4 is 27.3 Å². The quantitative estimate of drug-likeness (QED) is 0.883. The van der Waals surface area contributed by atoms with E-state index < -0.39 is 0 Å². The molecule has 0 saturated heterocycles. The van der Waals surface area contributed by atoms with E-state index >= 15 is 0 Å². The van der Waals surface area contributed by atoms with E-state index in [-0.39, 0.29) is 5.82 Å². The second-order valence-corrected chi connectivity index (χ2v) is 6.69. The van der Waals surface area contributed by atoms with Gasteiger partial charge >= 0.3 is 0 Å². The highest BCUT2D eigenvalue weighted by molar-refractivity contribution is 9.10. The molecule has 0 saturated carbocycles. The third kappa shape index (κ3) is 3.61. The lowest BCUT2D eigenvalue weighted by molar-refractivity contribution is 0.591. The fourth-order valence-electron chi connectivity index (χ4n) is 1.67. The van der Waals surface area contributed by atoms with Gasteiger partial charge in [-0.2, -0.15) is 0 Å². The normalized spacial score (nSPS) is 11.3. The molecular weight excluding hydrogens is 327 g/mol. The summed E-state index contributed by atoms with van der Waals surface area (Å²) in [5.74, 6) is -0.236. The minimum Gasteiger partial charge on any atom is -0.310 e. The van der Waals surface area contributed by atoms with E-state index in [2.05, 4.69) is 40.1 Å². The monoisotopic (exact) mass is 342 g/mol. The smallest absolute Gasteiger partial charge is 0.133 e. The number of halogens is 2. The van der Waals surface area contributed by atoms with Crippen LogP contribution in [0.3, 0.4) is 0 Å². The van der Waals surface area contributed by atoms with E-state index in [1.54, 1.807) is 23.5 Å². The Morgan fingerprint density at radius 3 is 2.84 bits per heavy atom. The highest BCUT2D eigenvalue weighted by atomic mass is 79.9. The number of hydrogen-bond donors (Lipinski definition) is 1. The molecule has 2 rings (SSSR count). The van der Waals surface area contributed by atoms with Crippen molar-refractivity contribution in [2.24, 2.45) is 0 Å². The second-order valence-electron chi connectivity index (χ2n) is 4.69. The van der Waals surface area contributed by atoms with Crippen LogP contribution in [0.2, 0.25) is 0 Å². The average Bonchev–Trinajstić information content (AvgIpc) is 2.71. The summed E-state index contributed by atoms with van der Waals surface area (Å²) in [6.45, 7) is 6.94. The maximum atomic E-state index is 13.8. The summed E-state index contributed by atoms with van der Waals surface area (Å²) in [5.41, 5.74) is 1.52. The molecule has 0 fully saturated rings. The van der Waals surface area contributed by atoms with Crippen molar-refractivity contribution in [3.8, 4) is 10.6 Å². The number of benzene rings is 1. The van der Waals surface area contributed by atoms with Gasteiger partial charge in [0.05, 0.1) is 5.69 Å². The number of nitrogens with zero attached hydrogens (tertiary/aromatic N) is 1. The number of hydrogen-bond acceptors (Lipinski definition) is 3. The molecule has 19 heavy (non-hydrogen) atoms. The van der Waals surface area contributed by atoms with E-state index in [9.17, 15) is 4.39 Å². The predicted molar refractivity (Wildman–Crippen MR) is 81.9 cm³/mol. The third-order valence-electron chi connectivity index (χ3n) is 2.72. The Morgan fingerprint density at radius 1 is 1.42 bits per heavy atom. The van der Waals surface area contributed by atoms with Crippen molar-refractivity contribution in [3.63, 3.8) is 0 Å². The summed E-state index contributed by atoms with van der Waals surface area (Å²) < 4.78 is 14.7. The molecular formula is C14H16BrFN2S. The number of aromatic nitrogens is 1. The maximum Gasteiger partial charge on any atom is 0.133 e. The lowest BCUT2D eigenvalue weighted by Gasteiger charge is -2.05. The fraction of sp³-hybridized carbons (Fsp3) is 0.357. The first-order valence-electron chi connectivity index (χ1n) is 6.12.